The molecule has 1 fully saturated rings. The van der Waals surface area contributed by atoms with E-state index < -0.39 is 0 Å². The van der Waals surface area contributed by atoms with Crippen molar-refractivity contribution in [3.05, 3.63) is 54.2 Å². The van der Waals surface area contributed by atoms with Gasteiger partial charge in [0, 0.05) is 19.3 Å². The molecule has 1 aliphatic carbocycles. The normalized spacial score (nSPS) is 15.3. The van der Waals surface area contributed by atoms with Gasteiger partial charge in [-0.3, -0.25) is 0 Å². The third kappa shape index (κ3) is 2.99. The first-order valence-electron chi connectivity index (χ1n) is 5.89. The van der Waals surface area contributed by atoms with Gasteiger partial charge in [-0.2, -0.15) is 0 Å². The molecule has 1 aromatic carbocycles. The second-order valence-corrected chi connectivity index (χ2v) is 4.46. The predicted molar refractivity (Wildman–Crippen MR) is 70.0 cm³/mol. The highest BCUT2D eigenvalue weighted by Gasteiger charge is 2.26. The molecular weight excluding hydrogens is 194 g/mol. The Labute approximate surface area is 98.1 Å². The number of likely N-dealkylation sites (N-methyl/N-ethyl adjacent to an activating group) is 1. The molecule has 1 saturated carbocycles. The highest BCUT2D eigenvalue weighted by atomic mass is 15.1. The van der Waals surface area contributed by atoms with E-state index in [9.17, 15) is 0 Å². The molecule has 1 aromatic rings. The van der Waals surface area contributed by atoms with Crippen LogP contribution in [0.15, 0.2) is 48.7 Å². The molecule has 0 spiro atoms. The van der Waals surface area contributed by atoms with E-state index in [-0.39, 0.29) is 0 Å². The summed E-state index contributed by atoms with van der Waals surface area (Å²) in [4.78, 5) is 2.25. The Morgan fingerprint density at radius 3 is 2.69 bits per heavy atom. The van der Waals surface area contributed by atoms with Crippen LogP contribution in [-0.2, 0) is 0 Å². The second kappa shape index (κ2) is 5.02. The van der Waals surface area contributed by atoms with Crippen LogP contribution >= 0.6 is 0 Å². The molecule has 0 atom stereocenters. The van der Waals surface area contributed by atoms with E-state index in [1.54, 1.807) is 0 Å². The zero-order valence-corrected chi connectivity index (χ0v) is 9.89. The van der Waals surface area contributed by atoms with Gasteiger partial charge in [0.25, 0.3) is 0 Å². The first kappa shape index (κ1) is 11.0. The molecule has 0 unspecified atom stereocenters. The highest BCUT2D eigenvalue weighted by molar-refractivity contribution is 5.48. The van der Waals surface area contributed by atoms with Crippen molar-refractivity contribution in [3.8, 4) is 0 Å². The molecule has 0 aliphatic heterocycles. The number of hydrogen-bond acceptors (Lipinski definition) is 1. The van der Waals surface area contributed by atoms with Gasteiger partial charge in [0.05, 0.1) is 0 Å². The Balaban J connectivity index is 1.82. The van der Waals surface area contributed by atoms with Crippen LogP contribution in [0.4, 0.5) is 0 Å². The average Bonchev–Trinajstić information content (AvgIpc) is 3.13. The third-order valence-electron chi connectivity index (χ3n) is 3.03. The van der Waals surface area contributed by atoms with Crippen LogP contribution < -0.4 is 0 Å². The minimum atomic E-state index is 0.759. The van der Waals surface area contributed by atoms with Crippen molar-refractivity contribution in [1.29, 1.82) is 0 Å². The highest BCUT2D eigenvalue weighted by Crippen LogP contribution is 2.36. The Kier molecular flexibility index (Phi) is 3.45. The zero-order chi connectivity index (χ0) is 11.4. The molecule has 0 N–H and O–H groups in total. The fourth-order valence-corrected chi connectivity index (χ4v) is 1.76. The molecule has 16 heavy (non-hydrogen) atoms. The van der Waals surface area contributed by atoms with Crippen molar-refractivity contribution in [1.82, 2.24) is 4.90 Å². The van der Waals surface area contributed by atoms with Gasteiger partial charge < -0.3 is 4.90 Å². The summed E-state index contributed by atoms with van der Waals surface area (Å²) in [5.74, 6) is 0.759. The molecule has 0 saturated heterocycles. The van der Waals surface area contributed by atoms with Gasteiger partial charge in [-0.1, -0.05) is 49.1 Å². The lowest BCUT2D eigenvalue weighted by atomic mass is 10.2. The van der Waals surface area contributed by atoms with E-state index in [1.807, 2.05) is 6.07 Å². The van der Waals surface area contributed by atoms with Gasteiger partial charge in [-0.15, -0.1) is 0 Å². The van der Waals surface area contributed by atoms with Gasteiger partial charge in [-0.25, -0.2) is 0 Å². The summed E-state index contributed by atoms with van der Waals surface area (Å²) in [6.07, 6.45) is 7.01. The Morgan fingerprint density at radius 1 is 1.38 bits per heavy atom. The van der Waals surface area contributed by atoms with Gasteiger partial charge in [0.2, 0.25) is 0 Å². The zero-order valence-electron chi connectivity index (χ0n) is 9.89. The maximum atomic E-state index is 4.13. The standard InChI is InChI=1S/C15H19N/c1-13(15-10-11-15)16(2)12-6-9-14-7-4-3-5-8-14/h3-9,15H,1,10-12H2,2H3/b9-6-. The largest absolute Gasteiger partial charge is 0.374 e. The van der Waals surface area contributed by atoms with E-state index in [4.69, 9.17) is 0 Å². The molecule has 0 aromatic heterocycles. The molecule has 0 heterocycles. The number of benzene rings is 1. The average molecular weight is 213 g/mol. The monoisotopic (exact) mass is 213 g/mol. The predicted octanol–water partition coefficient (Wildman–Crippen LogP) is 3.56. The summed E-state index contributed by atoms with van der Waals surface area (Å²) in [5, 5.41) is 0. The molecule has 0 bridgehead atoms. The first-order chi connectivity index (χ1) is 7.77. The molecule has 0 radical (unpaired) electrons. The quantitative estimate of drug-likeness (QED) is 0.723. The number of hydrogen-bond donors (Lipinski definition) is 0. The van der Waals surface area contributed by atoms with Gasteiger partial charge >= 0.3 is 0 Å². The van der Waals surface area contributed by atoms with E-state index in [0.717, 1.165) is 12.5 Å². The molecule has 1 aliphatic rings. The molecule has 1 nitrogen and oxygen atoms in total. The summed E-state index contributed by atoms with van der Waals surface area (Å²) < 4.78 is 0. The smallest absolute Gasteiger partial charge is 0.0356 e. The lowest BCUT2D eigenvalue weighted by Gasteiger charge is -2.19. The molecule has 0 amide bonds. The van der Waals surface area contributed by atoms with Crippen LogP contribution in [0.2, 0.25) is 0 Å². The minimum Gasteiger partial charge on any atom is -0.374 e. The summed E-state index contributed by atoms with van der Waals surface area (Å²) in [6, 6.07) is 10.4. The first-order valence-corrected chi connectivity index (χ1v) is 5.89. The van der Waals surface area contributed by atoms with Crippen molar-refractivity contribution < 1.29 is 0 Å². The van der Waals surface area contributed by atoms with Crippen LogP contribution in [-0.4, -0.2) is 18.5 Å². The third-order valence-corrected chi connectivity index (χ3v) is 3.03. The van der Waals surface area contributed by atoms with Crippen molar-refractivity contribution in [2.75, 3.05) is 13.6 Å². The van der Waals surface area contributed by atoms with Crippen LogP contribution in [0.25, 0.3) is 6.08 Å². The maximum Gasteiger partial charge on any atom is 0.0356 e. The fourth-order valence-electron chi connectivity index (χ4n) is 1.76. The number of nitrogens with zero attached hydrogens (tertiary/aromatic N) is 1. The molecular formula is C15H19N. The van der Waals surface area contributed by atoms with Crippen molar-refractivity contribution >= 4 is 6.08 Å². The van der Waals surface area contributed by atoms with E-state index in [0.29, 0.717) is 0 Å². The van der Waals surface area contributed by atoms with Crippen molar-refractivity contribution in [2.24, 2.45) is 5.92 Å². The van der Waals surface area contributed by atoms with E-state index in [1.165, 1.54) is 24.1 Å². The summed E-state index contributed by atoms with van der Waals surface area (Å²) in [7, 11) is 2.12. The topological polar surface area (TPSA) is 3.24 Å². The SMILES string of the molecule is C=C(C1CC1)N(C)C/C=C\c1ccccc1. The lowest BCUT2D eigenvalue weighted by molar-refractivity contribution is 0.439. The van der Waals surface area contributed by atoms with Crippen LogP contribution in [0.1, 0.15) is 18.4 Å². The molecule has 1 heteroatoms. The number of rotatable bonds is 5. The Morgan fingerprint density at radius 2 is 2.06 bits per heavy atom. The lowest BCUT2D eigenvalue weighted by Crippen LogP contribution is -2.17. The summed E-state index contributed by atoms with van der Waals surface area (Å²) in [5.41, 5.74) is 2.55. The summed E-state index contributed by atoms with van der Waals surface area (Å²) in [6.45, 7) is 5.08. The second-order valence-electron chi connectivity index (χ2n) is 4.46. The van der Waals surface area contributed by atoms with Crippen LogP contribution in [0.3, 0.4) is 0 Å². The van der Waals surface area contributed by atoms with E-state index in [2.05, 4.69) is 54.9 Å². The minimum absolute atomic E-state index is 0.759. The van der Waals surface area contributed by atoms with Crippen LogP contribution in [0, 0.1) is 5.92 Å². The van der Waals surface area contributed by atoms with Crippen molar-refractivity contribution in [3.63, 3.8) is 0 Å². The fraction of sp³-hybridized carbons (Fsp3) is 0.333. The molecule has 84 valence electrons. The maximum absolute atomic E-state index is 4.13. The van der Waals surface area contributed by atoms with Gasteiger partial charge in [-0.05, 0) is 24.3 Å². The number of allylic oxidation sites excluding steroid dienone is 1. The van der Waals surface area contributed by atoms with Gasteiger partial charge in [0.15, 0.2) is 0 Å². The Hall–Kier alpha value is -1.50. The van der Waals surface area contributed by atoms with Crippen LogP contribution in [0.5, 0.6) is 0 Å². The van der Waals surface area contributed by atoms with Crippen molar-refractivity contribution in [2.45, 2.75) is 12.8 Å². The van der Waals surface area contributed by atoms with E-state index >= 15 is 0 Å². The van der Waals surface area contributed by atoms with Gasteiger partial charge in [0.1, 0.15) is 0 Å². The summed E-state index contributed by atoms with van der Waals surface area (Å²) >= 11 is 0. The Bertz CT molecular complexity index is 374. The molecule has 2 rings (SSSR count).